The quantitative estimate of drug-likeness (QED) is 0.378. The molecule has 0 aliphatic carbocycles. The second-order valence-electron chi connectivity index (χ2n) is 4.51. The van der Waals surface area contributed by atoms with E-state index in [0.717, 1.165) is 0 Å². The van der Waals surface area contributed by atoms with E-state index < -0.39 is 0 Å². The molecule has 0 aliphatic rings. The normalized spacial score (nSPS) is 12.2. The number of nitrogens with one attached hydrogen (secondary N) is 1. The van der Waals surface area contributed by atoms with Gasteiger partial charge in [-0.05, 0) is 36.4 Å². The highest BCUT2D eigenvalue weighted by Gasteiger charge is 1.99. The van der Waals surface area contributed by atoms with Crippen LogP contribution in [0.2, 0.25) is 10.0 Å². The van der Waals surface area contributed by atoms with Crippen LogP contribution in [-0.4, -0.2) is 28.6 Å². The summed E-state index contributed by atoms with van der Waals surface area (Å²) in [5.74, 6) is -0.0558. The van der Waals surface area contributed by atoms with Gasteiger partial charge in [-0.3, -0.25) is 0 Å². The minimum Gasteiger partial charge on any atom is -0.507 e. The minimum atomic E-state index is -0.0921. The molecular formula is C15H13Cl2N5O2. The smallest absolute Gasteiger partial charge is 0.234 e. The van der Waals surface area contributed by atoms with Gasteiger partial charge in [-0.25, -0.2) is 5.43 Å². The lowest BCUT2D eigenvalue weighted by molar-refractivity contribution is 0.474. The number of aromatic hydroxyl groups is 2. The number of guanidine groups is 1. The number of hydrogen-bond donors (Lipinski definition) is 4. The Kier molecular flexibility index (Phi) is 6.00. The molecule has 9 heteroatoms. The van der Waals surface area contributed by atoms with Crippen LogP contribution in [0.5, 0.6) is 11.5 Å². The number of benzene rings is 2. The van der Waals surface area contributed by atoms with Crippen LogP contribution in [0.1, 0.15) is 11.1 Å². The molecule has 0 spiro atoms. The Labute approximate surface area is 147 Å². The first-order valence-electron chi connectivity index (χ1n) is 6.58. The number of nitrogens with two attached hydrogens (primary N) is 1. The van der Waals surface area contributed by atoms with E-state index in [4.69, 9.17) is 28.9 Å². The third kappa shape index (κ3) is 5.15. The number of halogens is 2. The average molecular weight is 366 g/mol. The van der Waals surface area contributed by atoms with E-state index in [-0.39, 0.29) is 17.5 Å². The average Bonchev–Trinajstić information content (AvgIpc) is 2.54. The number of rotatable bonds is 4. The number of phenolic OH excluding ortho intramolecular Hbond substituents is 2. The highest BCUT2D eigenvalue weighted by Crippen LogP contribution is 2.20. The summed E-state index contributed by atoms with van der Waals surface area (Å²) < 4.78 is 0. The standard InChI is InChI=1S/C15H13Cl2N5O2/c16-11-1-3-13(23)9(5-11)7-19-21-15(18)22-20-8-10-6-12(17)2-4-14(10)24/h1-8,23-24H,(H3,18,21,22)/b19-7+,20-8+. The van der Waals surface area contributed by atoms with Crippen molar-refractivity contribution < 1.29 is 10.2 Å². The van der Waals surface area contributed by atoms with Crippen LogP contribution in [0.25, 0.3) is 0 Å². The van der Waals surface area contributed by atoms with E-state index in [1.54, 1.807) is 12.1 Å². The largest absolute Gasteiger partial charge is 0.507 e. The Bertz CT molecular complexity index is 822. The molecular weight excluding hydrogens is 353 g/mol. The summed E-state index contributed by atoms with van der Waals surface area (Å²) in [7, 11) is 0. The van der Waals surface area contributed by atoms with Crippen LogP contribution >= 0.6 is 23.2 Å². The molecule has 0 saturated carbocycles. The highest BCUT2D eigenvalue weighted by atomic mass is 35.5. The lowest BCUT2D eigenvalue weighted by Crippen LogP contribution is -2.26. The molecule has 0 atom stereocenters. The molecule has 0 bridgehead atoms. The van der Waals surface area contributed by atoms with Gasteiger partial charge in [-0.2, -0.15) is 10.2 Å². The number of hydrogen-bond acceptors (Lipinski definition) is 5. The summed E-state index contributed by atoms with van der Waals surface area (Å²) in [6.45, 7) is 0. The molecule has 0 aromatic heterocycles. The van der Waals surface area contributed by atoms with E-state index in [1.165, 1.54) is 36.7 Å². The van der Waals surface area contributed by atoms with E-state index in [1.807, 2.05) is 0 Å². The molecule has 7 nitrogen and oxygen atoms in total. The third-order valence-corrected chi connectivity index (χ3v) is 3.19. The van der Waals surface area contributed by atoms with E-state index in [9.17, 15) is 10.2 Å². The van der Waals surface area contributed by atoms with Crippen LogP contribution in [0.15, 0.2) is 51.7 Å². The van der Waals surface area contributed by atoms with Gasteiger partial charge in [-0.15, -0.1) is 5.10 Å². The summed E-state index contributed by atoms with van der Waals surface area (Å²) in [6, 6.07) is 9.06. The number of nitrogens with zero attached hydrogens (tertiary/aromatic N) is 3. The zero-order valence-electron chi connectivity index (χ0n) is 12.2. The Morgan fingerprint density at radius 3 is 2.08 bits per heavy atom. The summed E-state index contributed by atoms with van der Waals surface area (Å²) in [4.78, 5) is 0. The van der Waals surface area contributed by atoms with Gasteiger partial charge in [0.15, 0.2) is 0 Å². The molecule has 0 unspecified atom stereocenters. The molecule has 5 N–H and O–H groups in total. The summed E-state index contributed by atoms with van der Waals surface area (Å²) in [5.41, 5.74) is 8.81. The first-order chi connectivity index (χ1) is 11.5. The van der Waals surface area contributed by atoms with Gasteiger partial charge < -0.3 is 15.9 Å². The fraction of sp³-hybridized carbons (Fsp3) is 0. The summed E-state index contributed by atoms with van der Waals surface area (Å²) >= 11 is 11.6. The van der Waals surface area contributed by atoms with Gasteiger partial charge in [-0.1, -0.05) is 23.2 Å². The van der Waals surface area contributed by atoms with E-state index in [2.05, 4.69) is 20.7 Å². The Balaban J connectivity index is 1.99. The molecule has 0 saturated heterocycles. The molecule has 0 aliphatic heterocycles. The van der Waals surface area contributed by atoms with Crippen molar-refractivity contribution in [3.05, 3.63) is 57.6 Å². The zero-order chi connectivity index (χ0) is 17.5. The van der Waals surface area contributed by atoms with Gasteiger partial charge in [0.05, 0.1) is 12.4 Å². The topological polar surface area (TPSA) is 116 Å². The predicted octanol–water partition coefficient (Wildman–Crippen LogP) is 2.68. The first-order valence-corrected chi connectivity index (χ1v) is 7.34. The van der Waals surface area contributed by atoms with Gasteiger partial charge in [0.1, 0.15) is 11.5 Å². The molecule has 0 radical (unpaired) electrons. The fourth-order valence-electron chi connectivity index (χ4n) is 1.60. The molecule has 0 amide bonds. The van der Waals surface area contributed by atoms with Crippen LogP contribution < -0.4 is 11.2 Å². The van der Waals surface area contributed by atoms with Crippen LogP contribution in [-0.2, 0) is 0 Å². The SMILES string of the molecule is N/C(=N\N=C\c1cc(Cl)ccc1O)N/N=C/c1cc(Cl)ccc1O. The molecule has 2 rings (SSSR count). The minimum absolute atomic E-state index is 0.0133. The van der Waals surface area contributed by atoms with Crippen LogP contribution in [0.4, 0.5) is 0 Å². The fourth-order valence-corrected chi connectivity index (χ4v) is 1.96. The number of phenols is 2. The third-order valence-electron chi connectivity index (χ3n) is 2.72. The van der Waals surface area contributed by atoms with Crippen LogP contribution in [0.3, 0.4) is 0 Å². The van der Waals surface area contributed by atoms with Crippen LogP contribution in [0, 0.1) is 0 Å². The maximum atomic E-state index is 9.62. The van der Waals surface area contributed by atoms with Crippen molar-refractivity contribution in [1.82, 2.24) is 5.43 Å². The summed E-state index contributed by atoms with van der Waals surface area (Å²) in [5, 5.41) is 31.3. The monoisotopic (exact) mass is 365 g/mol. The van der Waals surface area contributed by atoms with Crippen molar-refractivity contribution in [1.29, 1.82) is 0 Å². The molecule has 124 valence electrons. The van der Waals surface area contributed by atoms with Crippen molar-refractivity contribution in [3.63, 3.8) is 0 Å². The second-order valence-corrected chi connectivity index (χ2v) is 5.38. The van der Waals surface area contributed by atoms with Gasteiger partial charge in [0.25, 0.3) is 0 Å². The maximum Gasteiger partial charge on any atom is 0.234 e. The van der Waals surface area contributed by atoms with E-state index >= 15 is 0 Å². The number of hydrazone groups is 1. The second kappa shape index (κ2) is 8.19. The first kappa shape index (κ1) is 17.6. The Morgan fingerprint density at radius 2 is 1.50 bits per heavy atom. The molecule has 24 heavy (non-hydrogen) atoms. The van der Waals surface area contributed by atoms with Gasteiger partial charge in [0.2, 0.25) is 5.96 Å². The zero-order valence-corrected chi connectivity index (χ0v) is 13.7. The summed E-state index contributed by atoms with van der Waals surface area (Å²) in [6.07, 6.45) is 2.62. The van der Waals surface area contributed by atoms with Crippen molar-refractivity contribution in [2.75, 3.05) is 0 Å². The molecule has 0 fully saturated rings. The van der Waals surface area contributed by atoms with Crippen molar-refractivity contribution in [3.8, 4) is 11.5 Å². The lowest BCUT2D eigenvalue weighted by atomic mass is 10.2. The van der Waals surface area contributed by atoms with Crippen molar-refractivity contribution in [2.45, 2.75) is 0 Å². The van der Waals surface area contributed by atoms with Gasteiger partial charge in [0, 0.05) is 21.2 Å². The molecule has 2 aromatic carbocycles. The van der Waals surface area contributed by atoms with Crippen molar-refractivity contribution >= 4 is 41.6 Å². The Morgan fingerprint density at radius 1 is 0.958 bits per heavy atom. The highest BCUT2D eigenvalue weighted by molar-refractivity contribution is 6.31. The Hall–Kier alpha value is -2.77. The molecule has 0 heterocycles. The predicted molar refractivity (Wildman–Crippen MR) is 96.2 cm³/mol. The van der Waals surface area contributed by atoms with Gasteiger partial charge >= 0.3 is 0 Å². The van der Waals surface area contributed by atoms with E-state index in [0.29, 0.717) is 21.2 Å². The molecule has 2 aromatic rings. The lowest BCUT2D eigenvalue weighted by Gasteiger charge is -2.00. The van der Waals surface area contributed by atoms with Crippen molar-refractivity contribution in [2.24, 2.45) is 21.0 Å². The maximum absolute atomic E-state index is 9.62.